The van der Waals surface area contributed by atoms with E-state index >= 15 is 0 Å². The number of hydrogen-bond acceptors (Lipinski definition) is 4. The number of nitrogens with one attached hydrogen (secondary N) is 1. The van der Waals surface area contributed by atoms with Crippen LogP contribution in [0.4, 0.5) is 0 Å². The van der Waals surface area contributed by atoms with Gasteiger partial charge in [0.2, 0.25) is 0 Å². The molecule has 9 heavy (non-hydrogen) atoms. The van der Waals surface area contributed by atoms with Crippen LogP contribution in [-0.2, 0) is 14.3 Å². The van der Waals surface area contributed by atoms with Crippen LogP contribution in [0.25, 0.3) is 0 Å². The molecule has 1 N–H and O–H groups in total. The van der Waals surface area contributed by atoms with Crippen molar-refractivity contribution < 1.29 is 14.3 Å². The Morgan fingerprint density at radius 3 is 3.00 bits per heavy atom. The second kappa shape index (κ2) is 4.55. The highest BCUT2D eigenvalue weighted by atomic mass is 35.5. The van der Waals surface area contributed by atoms with Crippen LogP contribution in [0, 0.1) is 0 Å². The van der Waals surface area contributed by atoms with Crippen molar-refractivity contribution in [2.24, 2.45) is 0 Å². The maximum atomic E-state index is 9.64. The molecular formula is C4H8ClNO3. The minimum Gasteiger partial charge on any atom is -0.446 e. The molecule has 4 nitrogen and oxygen atoms in total. The van der Waals surface area contributed by atoms with Gasteiger partial charge in [-0.1, -0.05) is 0 Å². The Kier molecular flexibility index (Phi) is 4.39. The summed E-state index contributed by atoms with van der Waals surface area (Å²) in [5.41, 5.74) is 0. The zero-order valence-electron chi connectivity index (χ0n) is 4.70. The van der Waals surface area contributed by atoms with Crippen LogP contribution < -0.4 is 5.32 Å². The van der Waals surface area contributed by atoms with E-state index in [2.05, 4.69) is 10.1 Å². The molecule has 0 saturated carbocycles. The Balaban J connectivity index is 0.000000640. The fourth-order valence-corrected chi connectivity index (χ4v) is 0.531. The molecule has 1 heterocycles. The fourth-order valence-electron chi connectivity index (χ4n) is 0.531. The van der Waals surface area contributed by atoms with Gasteiger partial charge in [-0.2, -0.15) is 0 Å². The predicted octanol–water partition coefficient (Wildman–Crippen LogP) is -0.515. The van der Waals surface area contributed by atoms with E-state index in [0.717, 1.165) is 0 Å². The molecule has 0 radical (unpaired) electrons. The zero-order chi connectivity index (χ0) is 5.82. The monoisotopic (exact) mass is 153 g/mol. The first-order valence-electron chi connectivity index (χ1n) is 2.33. The van der Waals surface area contributed by atoms with Crippen molar-refractivity contribution in [2.45, 2.75) is 6.23 Å². The lowest BCUT2D eigenvalue weighted by atomic mass is 10.6. The summed E-state index contributed by atoms with van der Waals surface area (Å²) < 4.78 is 9.30. The van der Waals surface area contributed by atoms with Gasteiger partial charge in [0.15, 0.2) is 6.23 Å². The topological polar surface area (TPSA) is 47.6 Å². The SMILES string of the molecule is Cl.O=CO[C@H]1COCN1. The van der Waals surface area contributed by atoms with Crippen molar-refractivity contribution >= 4 is 18.9 Å². The maximum Gasteiger partial charge on any atom is 0.294 e. The summed E-state index contributed by atoms with van der Waals surface area (Å²) in [6, 6.07) is 0. The van der Waals surface area contributed by atoms with E-state index < -0.39 is 0 Å². The van der Waals surface area contributed by atoms with Crippen molar-refractivity contribution in [3.63, 3.8) is 0 Å². The molecule has 0 spiro atoms. The van der Waals surface area contributed by atoms with E-state index in [4.69, 9.17) is 4.74 Å². The van der Waals surface area contributed by atoms with Gasteiger partial charge in [-0.05, 0) is 0 Å². The molecule has 1 saturated heterocycles. The standard InChI is InChI=1S/C4H7NO3.ClH/c6-3-8-4-1-7-2-5-4;/h3-5H,1-2H2;1H/t4-;/m0./s1. The summed E-state index contributed by atoms with van der Waals surface area (Å²) in [5.74, 6) is 0. The van der Waals surface area contributed by atoms with Crippen molar-refractivity contribution in [1.29, 1.82) is 0 Å². The molecule has 0 aromatic carbocycles. The molecule has 1 rings (SSSR count). The molecule has 0 unspecified atom stereocenters. The molecule has 0 bridgehead atoms. The first kappa shape index (κ1) is 8.68. The summed E-state index contributed by atoms with van der Waals surface area (Å²) in [6.07, 6.45) is -0.229. The second-order valence-corrected chi connectivity index (χ2v) is 1.44. The molecule has 0 aromatic rings. The van der Waals surface area contributed by atoms with Crippen molar-refractivity contribution in [1.82, 2.24) is 5.32 Å². The van der Waals surface area contributed by atoms with Crippen LogP contribution in [0.5, 0.6) is 0 Å². The summed E-state index contributed by atoms with van der Waals surface area (Å²) >= 11 is 0. The molecule has 0 amide bonds. The molecule has 5 heteroatoms. The first-order valence-corrected chi connectivity index (χ1v) is 2.33. The van der Waals surface area contributed by atoms with Crippen molar-refractivity contribution in [2.75, 3.05) is 13.3 Å². The summed E-state index contributed by atoms with van der Waals surface area (Å²) in [7, 11) is 0. The molecule has 1 aliphatic rings. The van der Waals surface area contributed by atoms with Gasteiger partial charge in [0.05, 0.1) is 13.3 Å². The van der Waals surface area contributed by atoms with Gasteiger partial charge in [-0.3, -0.25) is 10.1 Å². The van der Waals surface area contributed by atoms with Gasteiger partial charge in [0.1, 0.15) is 0 Å². The van der Waals surface area contributed by atoms with Gasteiger partial charge in [-0.25, -0.2) is 0 Å². The summed E-state index contributed by atoms with van der Waals surface area (Å²) in [4.78, 5) is 9.64. The van der Waals surface area contributed by atoms with Crippen molar-refractivity contribution in [3.8, 4) is 0 Å². The highest BCUT2D eigenvalue weighted by molar-refractivity contribution is 5.85. The number of carbonyl (C=O) groups excluding carboxylic acids is 1. The molecule has 54 valence electrons. The highest BCUT2D eigenvalue weighted by Crippen LogP contribution is 1.92. The van der Waals surface area contributed by atoms with Crippen LogP contribution in [0.2, 0.25) is 0 Å². The maximum absolute atomic E-state index is 9.64. The van der Waals surface area contributed by atoms with E-state index in [9.17, 15) is 4.79 Å². The number of carbonyl (C=O) groups is 1. The fraction of sp³-hybridized carbons (Fsp3) is 0.750. The third-order valence-corrected chi connectivity index (χ3v) is 0.902. The largest absolute Gasteiger partial charge is 0.446 e. The van der Waals surface area contributed by atoms with Crippen LogP contribution in [0.3, 0.4) is 0 Å². The Hall–Kier alpha value is -0.320. The van der Waals surface area contributed by atoms with Crippen LogP contribution >= 0.6 is 12.4 Å². The average Bonchev–Trinajstić information content (AvgIpc) is 2.19. The minimum atomic E-state index is -0.229. The van der Waals surface area contributed by atoms with Gasteiger partial charge < -0.3 is 9.47 Å². The Morgan fingerprint density at radius 1 is 1.78 bits per heavy atom. The van der Waals surface area contributed by atoms with E-state index in [1.54, 1.807) is 0 Å². The lowest BCUT2D eigenvalue weighted by Gasteiger charge is -2.02. The van der Waals surface area contributed by atoms with Crippen LogP contribution in [-0.4, -0.2) is 26.0 Å². The Labute approximate surface area is 58.9 Å². The van der Waals surface area contributed by atoms with Gasteiger partial charge in [-0.15, -0.1) is 12.4 Å². The molecule has 1 fully saturated rings. The normalized spacial score (nSPS) is 24.7. The van der Waals surface area contributed by atoms with E-state index in [1.807, 2.05) is 0 Å². The molecule has 0 aromatic heterocycles. The lowest BCUT2D eigenvalue weighted by molar-refractivity contribution is -0.134. The predicted molar refractivity (Wildman–Crippen MR) is 32.1 cm³/mol. The molecule has 1 atom stereocenters. The van der Waals surface area contributed by atoms with Crippen LogP contribution in [0.15, 0.2) is 0 Å². The van der Waals surface area contributed by atoms with E-state index in [-0.39, 0.29) is 18.6 Å². The van der Waals surface area contributed by atoms with Gasteiger partial charge >= 0.3 is 0 Å². The summed E-state index contributed by atoms with van der Waals surface area (Å²) in [6.45, 7) is 1.34. The second-order valence-electron chi connectivity index (χ2n) is 1.44. The number of halogens is 1. The Morgan fingerprint density at radius 2 is 2.56 bits per heavy atom. The smallest absolute Gasteiger partial charge is 0.294 e. The number of ether oxygens (including phenoxy) is 2. The molecule has 0 aliphatic carbocycles. The van der Waals surface area contributed by atoms with Crippen molar-refractivity contribution in [3.05, 3.63) is 0 Å². The number of rotatable bonds is 2. The average molecular weight is 154 g/mol. The zero-order valence-corrected chi connectivity index (χ0v) is 5.52. The lowest BCUT2D eigenvalue weighted by Crippen LogP contribution is -2.26. The first-order chi connectivity index (χ1) is 3.93. The van der Waals surface area contributed by atoms with Gasteiger partial charge in [0, 0.05) is 0 Å². The summed E-state index contributed by atoms with van der Waals surface area (Å²) in [5, 5.41) is 2.78. The van der Waals surface area contributed by atoms with Crippen LogP contribution in [0.1, 0.15) is 0 Å². The number of hydrogen-bond donors (Lipinski definition) is 1. The van der Waals surface area contributed by atoms with E-state index in [0.29, 0.717) is 19.8 Å². The molecule has 1 aliphatic heterocycles. The Bertz CT molecular complexity index is 83.9. The third-order valence-electron chi connectivity index (χ3n) is 0.902. The minimum absolute atomic E-state index is 0. The quantitative estimate of drug-likeness (QED) is 0.543. The van der Waals surface area contributed by atoms with Gasteiger partial charge in [0.25, 0.3) is 6.47 Å². The van der Waals surface area contributed by atoms with E-state index in [1.165, 1.54) is 0 Å². The molecular weight excluding hydrogens is 146 g/mol. The highest BCUT2D eigenvalue weighted by Gasteiger charge is 2.13. The third kappa shape index (κ3) is 2.64.